The first-order valence-electron chi connectivity index (χ1n) is 7.21. The Morgan fingerprint density at radius 1 is 0.957 bits per heavy atom. The third kappa shape index (κ3) is 8.94. The van der Waals surface area contributed by atoms with Gasteiger partial charge in [-0.2, -0.15) is 0 Å². The number of nitrogens with zero attached hydrogens (tertiary/aromatic N) is 3. The summed E-state index contributed by atoms with van der Waals surface area (Å²) in [6.07, 6.45) is 0. The second-order valence-electron chi connectivity index (χ2n) is 5.09. The summed E-state index contributed by atoms with van der Waals surface area (Å²) in [6, 6.07) is 12.2. The molecule has 0 aliphatic rings. The fourth-order valence-corrected chi connectivity index (χ4v) is 2.23. The maximum absolute atomic E-state index is 5.71. The molecule has 2 heterocycles. The van der Waals surface area contributed by atoms with Crippen LogP contribution in [0, 0.1) is 13.8 Å². The third-order valence-corrected chi connectivity index (χ3v) is 3.11. The molecule has 0 fully saturated rings. The van der Waals surface area contributed by atoms with E-state index in [2.05, 4.69) is 55.2 Å². The monoisotopic (exact) mass is 484 g/mol. The normalized spacial score (nSPS) is 10.5. The molecule has 0 saturated heterocycles. The van der Waals surface area contributed by atoms with Crippen molar-refractivity contribution in [3.63, 3.8) is 0 Å². The van der Waals surface area contributed by atoms with Crippen molar-refractivity contribution >= 4 is 28.2 Å². The Kier molecular flexibility index (Phi) is 10.9. The molecule has 23 heavy (non-hydrogen) atoms. The van der Waals surface area contributed by atoms with Crippen molar-refractivity contribution in [2.75, 3.05) is 13.1 Å². The fraction of sp³-hybridized carbons (Fsp3) is 0.375. The summed E-state index contributed by atoms with van der Waals surface area (Å²) in [6.45, 7) is 7.10. The number of aromatic nitrogens is 2. The molecular formula is C16H22Br2FeN4. The molecule has 0 spiro atoms. The maximum atomic E-state index is 5.71. The summed E-state index contributed by atoms with van der Waals surface area (Å²) in [5, 5.41) is 0. The average molecular weight is 486 g/mol. The Bertz CT molecular complexity index is 536. The first kappa shape index (κ1) is 20.7. The standard InChI is InChI=1S/C16H22N4.2BrH.Fe/c1-13-5-3-7-15(18-13)11-20(10-9-17)12-16-8-4-6-14(2)19-16;;;/h3-8H,9-12,17H2,1-2H3;2*1H;/q;;;+2/p-2. The molecule has 0 bridgehead atoms. The molecule has 0 radical (unpaired) electrons. The first-order chi connectivity index (χ1) is 11.1. The van der Waals surface area contributed by atoms with Crippen molar-refractivity contribution in [2.45, 2.75) is 26.9 Å². The number of nitrogens with two attached hydrogens (primary N) is 1. The van der Waals surface area contributed by atoms with Crippen LogP contribution in [0.25, 0.3) is 0 Å². The van der Waals surface area contributed by atoms with E-state index in [9.17, 15) is 0 Å². The Morgan fingerprint density at radius 3 is 1.74 bits per heavy atom. The molecule has 4 nitrogen and oxygen atoms in total. The predicted octanol–water partition coefficient (Wildman–Crippen LogP) is 3.74. The second kappa shape index (κ2) is 12.1. The molecule has 2 aromatic heterocycles. The zero-order valence-corrected chi connectivity index (χ0v) is 17.6. The zero-order valence-electron chi connectivity index (χ0n) is 13.3. The van der Waals surface area contributed by atoms with Gasteiger partial charge in [0.2, 0.25) is 0 Å². The Balaban J connectivity index is 0.000000816. The number of aryl methyl sites for hydroxylation is 2. The van der Waals surface area contributed by atoms with E-state index >= 15 is 0 Å². The molecule has 0 atom stereocenters. The fourth-order valence-electron chi connectivity index (χ4n) is 2.23. The molecule has 128 valence electrons. The summed E-state index contributed by atoms with van der Waals surface area (Å²) in [5.74, 6) is 0. The molecule has 0 aliphatic carbocycles. The van der Waals surface area contributed by atoms with Gasteiger partial charge in [-0.1, -0.05) is 12.1 Å². The number of rotatable bonds is 6. The SMILES string of the molecule is Cc1cccc(CN(CCN)Cc2cccc(C)n2)n1.[Br][Fe][Br]. The molecule has 2 rings (SSSR count). The van der Waals surface area contributed by atoms with E-state index in [4.69, 9.17) is 5.73 Å². The van der Waals surface area contributed by atoms with Crippen molar-refractivity contribution in [1.82, 2.24) is 14.9 Å². The van der Waals surface area contributed by atoms with Crippen LogP contribution in [0.3, 0.4) is 0 Å². The predicted molar refractivity (Wildman–Crippen MR) is 99.0 cm³/mol. The molecule has 2 aromatic rings. The van der Waals surface area contributed by atoms with Crippen LogP contribution < -0.4 is 5.73 Å². The van der Waals surface area contributed by atoms with Crippen molar-refractivity contribution in [2.24, 2.45) is 5.73 Å². The van der Waals surface area contributed by atoms with Gasteiger partial charge in [-0.05, 0) is 38.1 Å². The van der Waals surface area contributed by atoms with E-state index in [1.54, 1.807) is 0 Å². The second-order valence-corrected chi connectivity index (χ2v) is 10.7. The summed E-state index contributed by atoms with van der Waals surface area (Å²) in [4.78, 5) is 11.4. The summed E-state index contributed by atoms with van der Waals surface area (Å²) >= 11 is 7.00. The molecule has 0 aromatic carbocycles. The van der Waals surface area contributed by atoms with Crippen molar-refractivity contribution in [3.8, 4) is 0 Å². The quantitative estimate of drug-likeness (QED) is 0.633. The van der Waals surface area contributed by atoms with Gasteiger partial charge in [0, 0.05) is 37.6 Å². The van der Waals surface area contributed by atoms with E-state index in [1.165, 1.54) is 0 Å². The van der Waals surface area contributed by atoms with E-state index in [0.29, 0.717) is 6.54 Å². The van der Waals surface area contributed by atoms with Crippen molar-refractivity contribution < 1.29 is 11.3 Å². The molecule has 0 aliphatic heterocycles. The van der Waals surface area contributed by atoms with Gasteiger partial charge in [-0.15, -0.1) is 0 Å². The van der Waals surface area contributed by atoms with Gasteiger partial charge in [0.05, 0.1) is 11.4 Å². The molecule has 2 N–H and O–H groups in total. The molecule has 0 amide bonds. The Morgan fingerprint density at radius 2 is 1.39 bits per heavy atom. The van der Waals surface area contributed by atoms with Gasteiger partial charge in [0.15, 0.2) is 0 Å². The van der Waals surface area contributed by atoms with E-state index in [-0.39, 0.29) is 0 Å². The van der Waals surface area contributed by atoms with Crippen LogP contribution >= 0.6 is 28.2 Å². The Labute approximate surface area is 158 Å². The van der Waals surface area contributed by atoms with Gasteiger partial charge in [0.25, 0.3) is 0 Å². The minimum atomic E-state index is 0.637. The van der Waals surface area contributed by atoms with Crippen LogP contribution in [0.1, 0.15) is 22.8 Å². The summed E-state index contributed by atoms with van der Waals surface area (Å²) in [7, 11) is 0. The summed E-state index contributed by atoms with van der Waals surface area (Å²) in [5.41, 5.74) is 9.95. The van der Waals surface area contributed by atoms with E-state index in [0.717, 1.165) is 53.8 Å². The van der Waals surface area contributed by atoms with Crippen LogP contribution in [-0.4, -0.2) is 28.0 Å². The minimum absolute atomic E-state index is 0.637. The molecule has 7 heteroatoms. The van der Waals surface area contributed by atoms with E-state index in [1.807, 2.05) is 38.1 Å². The third-order valence-electron chi connectivity index (χ3n) is 3.11. The number of hydrogen-bond acceptors (Lipinski definition) is 4. The van der Waals surface area contributed by atoms with Crippen LogP contribution in [0.2, 0.25) is 0 Å². The van der Waals surface area contributed by atoms with Gasteiger partial charge in [-0.3, -0.25) is 14.9 Å². The number of halogens is 2. The Hall–Kier alpha value is -0.301. The zero-order chi connectivity index (χ0) is 17.1. The van der Waals surface area contributed by atoms with Gasteiger partial charge >= 0.3 is 39.6 Å². The van der Waals surface area contributed by atoms with Crippen LogP contribution in [0.4, 0.5) is 0 Å². The van der Waals surface area contributed by atoms with Gasteiger partial charge < -0.3 is 5.73 Å². The molecular weight excluding hydrogens is 464 g/mol. The average Bonchev–Trinajstić information content (AvgIpc) is 2.48. The molecule has 0 saturated carbocycles. The van der Waals surface area contributed by atoms with Crippen LogP contribution in [0.5, 0.6) is 0 Å². The van der Waals surface area contributed by atoms with Crippen LogP contribution in [0.15, 0.2) is 36.4 Å². The first-order valence-corrected chi connectivity index (χ1v) is 12.7. The van der Waals surface area contributed by atoms with Crippen molar-refractivity contribution in [1.29, 1.82) is 0 Å². The van der Waals surface area contributed by atoms with E-state index < -0.39 is 0 Å². The molecule has 0 unspecified atom stereocenters. The van der Waals surface area contributed by atoms with Crippen LogP contribution in [-0.2, 0) is 24.4 Å². The number of pyridine rings is 2. The van der Waals surface area contributed by atoms with Crippen molar-refractivity contribution in [3.05, 3.63) is 59.2 Å². The van der Waals surface area contributed by atoms with Gasteiger partial charge in [-0.25, -0.2) is 0 Å². The summed E-state index contributed by atoms with van der Waals surface area (Å²) < 4.78 is 0. The van der Waals surface area contributed by atoms with Gasteiger partial charge in [0.1, 0.15) is 0 Å². The topological polar surface area (TPSA) is 55.0 Å². The number of hydrogen-bond donors (Lipinski definition) is 1.